The molecule has 2 aliphatic carbocycles. The lowest BCUT2D eigenvalue weighted by Crippen LogP contribution is -2.44. The van der Waals surface area contributed by atoms with Crippen LogP contribution in [0.4, 0.5) is 0 Å². The predicted octanol–water partition coefficient (Wildman–Crippen LogP) is 2.27. The molecule has 0 amide bonds. The third kappa shape index (κ3) is 2.14. The van der Waals surface area contributed by atoms with Gasteiger partial charge in [-0.2, -0.15) is 0 Å². The summed E-state index contributed by atoms with van der Waals surface area (Å²) in [6.45, 7) is 5.53. The highest BCUT2D eigenvalue weighted by Gasteiger charge is 2.40. The average Bonchev–Trinajstić information content (AvgIpc) is 2.83. The third-order valence-electron chi connectivity index (χ3n) is 5.31. The van der Waals surface area contributed by atoms with Crippen LogP contribution in [-0.4, -0.2) is 35.2 Å². The Hall–Kier alpha value is -0.0800. The average molecular weight is 223 g/mol. The van der Waals surface area contributed by atoms with Crippen LogP contribution in [0.5, 0.6) is 0 Å². The SMILES string of the molecule is CC1(O)CCN(CC2CC3CCC2C3)CC1. The Balaban J connectivity index is 1.49. The maximum atomic E-state index is 9.93. The van der Waals surface area contributed by atoms with Crippen LogP contribution in [0.1, 0.15) is 45.4 Å². The van der Waals surface area contributed by atoms with Gasteiger partial charge in [-0.25, -0.2) is 0 Å². The smallest absolute Gasteiger partial charge is 0.0644 e. The molecule has 3 atom stereocenters. The zero-order chi connectivity index (χ0) is 11.2. The fourth-order valence-corrected chi connectivity index (χ4v) is 4.15. The highest BCUT2D eigenvalue weighted by atomic mass is 16.3. The molecule has 16 heavy (non-hydrogen) atoms. The molecule has 92 valence electrons. The number of rotatable bonds is 2. The summed E-state index contributed by atoms with van der Waals surface area (Å²) >= 11 is 0. The normalized spacial score (nSPS) is 42.8. The molecule has 3 fully saturated rings. The van der Waals surface area contributed by atoms with Crippen molar-refractivity contribution in [2.24, 2.45) is 17.8 Å². The van der Waals surface area contributed by atoms with Gasteiger partial charge >= 0.3 is 0 Å². The number of piperidine rings is 1. The molecule has 1 aliphatic heterocycles. The zero-order valence-electron chi connectivity index (χ0n) is 10.5. The first-order valence-corrected chi connectivity index (χ1v) is 7.07. The quantitative estimate of drug-likeness (QED) is 0.776. The molecule has 3 aliphatic rings. The van der Waals surface area contributed by atoms with Crippen LogP contribution >= 0.6 is 0 Å². The van der Waals surface area contributed by atoms with Gasteiger partial charge in [-0.05, 0) is 56.8 Å². The second-order valence-corrected chi connectivity index (χ2v) is 6.73. The lowest BCUT2D eigenvalue weighted by Gasteiger charge is -2.38. The maximum absolute atomic E-state index is 9.93. The van der Waals surface area contributed by atoms with E-state index in [-0.39, 0.29) is 5.60 Å². The van der Waals surface area contributed by atoms with E-state index in [2.05, 4.69) is 4.90 Å². The van der Waals surface area contributed by atoms with E-state index in [0.717, 1.165) is 43.7 Å². The highest BCUT2D eigenvalue weighted by Crippen LogP contribution is 2.48. The lowest BCUT2D eigenvalue weighted by atomic mass is 9.87. The molecule has 1 heterocycles. The summed E-state index contributed by atoms with van der Waals surface area (Å²) in [4.78, 5) is 2.60. The van der Waals surface area contributed by atoms with Crippen LogP contribution in [-0.2, 0) is 0 Å². The van der Waals surface area contributed by atoms with Gasteiger partial charge in [-0.1, -0.05) is 6.42 Å². The summed E-state index contributed by atoms with van der Waals surface area (Å²) < 4.78 is 0. The predicted molar refractivity (Wildman–Crippen MR) is 65.2 cm³/mol. The summed E-state index contributed by atoms with van der Waals surface area (Å²) in [7, 11) is 0. The second-order valence-electron chi connectivity index (χ2n) is 6.73. The summed E-state index contributed by atoms with van der Waals surface area (Å²) in [5, 5.41) is 9.93. The first-order chi connectivity index (χ1) is 7.62. The molecule has 0 aromatic heterocycles. The molecule has 3 rings (SSSR count). The summed E-state index contributed by atoms with van der Waals surface area (Å²) in [5.41, 5.74) is -0.384. The molecule has 1 saturated heterocycles. The number of aliphatic hydroxyl groups is 1. The zero-order valence-corrected chi connectivity index (χ0v) is 10.5. The van der Waals surface area contributed by atoms with Crippen LogP contribution in [0.15, 0.2) is 0 Å². The number of nitrogens with zero attached hydrogens (tertiary/aromatic N) is 1. The standard InChI is InChI=1S/C14H25NO/c1-14(16)4-6-15(7-5-14)10-13-9-11-2-3-12(13)8-11/h11-13,16H,2-10H2,1H3. The Morgan fingerprint density at radius 1 is 1.19 bits per heavy atom. The van der Waals surface area contributed by atoms with Crippen LogP contribution in [0.25, 0.3) is 0 Å². The van der Waals surface area contributed by atoms with E-state index in [9.17, 15) is 5.11 Å². The monoisotopic (exact) mass is 223 g/mol. The van der Waals surface area contributed by atoms with Gasteiger partial charge in [0, 0.05) is 19.6 Å². The van der Waals surface area contributed by atoms with E-state index in [4.69, 9.17) is 0 Å². The van der Waals surface area contributed by atoms with E-state index in [0.29, 0.717) is 0 Å². The number of likely N-dealkylation sites (tertiary alicyclic amines) is 1. The second kappa shape index (κ2) is 3.99. The molecule has 1 N–H and O–H groups in total. The maximum Gasteiger partial charge on any atom is 0.0644 e. The Labute approximate surface area is 99.0 Å². The first kappa shape index (κ1) is 11.0. The van der Waals surface area contributed by atoms with Gasteiger partial charge in [-0.15, -0.1) is 0 Å². The fraction of sp³-hybridized carbons (Fsp3) is 1.00. The fourth-order valence-electron chi connectivity index (χ4n) is 4.15. The van der Waals surface area contributed by atoms with Crippen molar-refractivity contribution in [3.05, 3.63) is 0 Å². The van der Waals surface area contributed by atoms with Crippen molar-refractivity contribution < 1.29 is 5.11 Å². The van der Waals surface area contributed by atoms with Gasteiger partial charge in [0.05, 0.1) is 5.60 Å². The highest BCUT2D eigenvalue weighted by molar-refractivity contribution is 4.92. The first-order valence-electron chi connectivity index (χ1n) is 7.07. The van der Waals surface area contributed by atoms with Crippen LogP contribution in [0.2, 0.25) is 0 Å². The van der Waals surface area contributed by atoms with Gasteiger partial charge in [0.1, 0.15) is 0 Å². The number of fused-ring (bicyclic) bond motifs is 2. The minimum absolute atomic E-state index is 0.384. The molecule has 2 bridgehead atoms. The van der Waals surface area contributed by atoms with Gasteiger partial charge in [0.15, 0.2) is 0 Å². The van der Waals surface area contributed by atoms with E-state index in [1.165, 1.54) is 32.2 Å². The van der Waals surface area contributed by atoms with E-state index in [1.807, 2.05) is 6.92 Å². The summed E-state index contributed by atoms with van der Waals surface area (Å²) in [5.74, 6) is 3.11. The van der Waals surface area contributed by atoms with E-state index >= 15 is 0 Å². The van der Waals surface area contributed by atoms with Gasteiger partial charge in [0.25, 0.3) is 0 Å². The van der Waals surface area contributed by atoms with Crippen LogP contribution in [0.3, 0.4) is 0 Å². The molecule has 3 unspecified atom stereocenters. The Morgan fingerprint density at radius 2 is 1.94 bits per heavy atom. The van der Waals surface area contributed by atoms with E-state index < -0.39 is 0 Å². The van der Waals surface area contributed by atoms with Gasteiger partial charge in [0.2, 0.25) is 0 Å². The third-order valence-corrected chi connectivity index (χ3v) is 5.31. The topological polar surface area (TPSA) is 23.5 Å². The number of hydrogen-bond acceptors (Lipinski definition) is 2. The molecule has 0 aromatic rings. The molecule has 0 radical (unpaired) electrons. The van der Waals surface area contributed by atoms with Crippen molar-refractivity contribution in [2.45, 2.75) is 51.0 Å². The molecule has 2 saturated carbocycles. The molecule has 0 spiro atoms. The molecule has 0 aromatic carbocycles. The lowest BCUT2D eigenvalue weighted by molar-refractivity contribution is -0.0107. The Morgan fingerprint density at radius 3 is 2.50 bits per heavy atom. The van der Waals surface area contributed by atoms with Crippen molar-refractivity contribution in [3.8, 4) is 0 Å². The minimum Gasteiger partial charge on any atom is -0.390 e. The molecule has 2 nitrogen and oxygen atoms in total. The minimum atomic E-state index is -0.384. The summed E-state index contributed by atoms with van der Waals surface area (Å²) in [6, 6.07) is 0. The summed E-state index contributed by atoms with van der Waals surface area (Å²) in [6.07, 6.45) is 7.96. The van der Waals surface area contributed by atoms with Crippen LogP contribution in [0, 0.1) is 17.8 Å². The van der Waals surface area contributed by atoms with Crippen molar-refractivity contribution in [3.63, 3.8) is 0 Å². The molecular formula is C14H25NO. The van der Waals surface area contributed by atoms with Crippen molar-refractivity contribution in [1.29, 1.82) is 0 Å². The molecular weight excluding hydrogens is 198 g/mol. The van der Waals surface area contributed by atoms with Crippen molar-refractivity contribution in [1.82, 2.24) is 4.90 Å². The van der Waals surface area contributed by atoms with Crippen LogP contribution < -0.4 is 0 Å². The van der Waals surface area contributed by atoms with Crippen molar-refractivity contribution in [2.75, 3.05) is 19.6 Å². The van der Waals surface area contributed by atoms with E-state index in [1.54, 1.807) is 0 Å². The van der Waals surface area contributed by atoms with Gasteiger partial charge in [-0.3, -0.25) is 0 Å². The van der Waals surface area contributed by atoms with Gasteiger partial charge < -0.3 is 10.0 Å². The number of hydrogen-bond donors (Lipinski definition) is 1. The largest absolute Gasteiger partial charge is 0.390 e. The Kier molecular flexibility index (Phi) is 2.75. The molecule has 2 heteroatoms. The Bertz CT molecular complexity index is 253. The van der Waals surface area contributed by atoms with Crippen molar-refractivity contribution >= 4 is 0 Å².